The molecule has 1 amide bonds. The number of rotatable bonds is 3. The van der Waals surface area contributed by atoms with E-state index in [1.807, 2.05) is 27.7 Å². The smallest absolute Gasteiger partial charge is 0.410 e. The van der Waals surface area contributed by atoms with Gasteiger partial charge in [-0.2, -0.15) is 5.10 Å². The van der Waals surface area contributed by atoms with Crippen molar-refractivity contribution in [3.63, 3.8) is 0 Å². The second-order valence-electron chi connectivity index (χ2n) is 6.80. The van der Waals surface area contributed by atoms with Crippen LogP contribution in [0.5, 0.6) is 0 Å². The number of nitrogens with one attached hydrogen (secondary N) is 1. The maximum Gasteiger partial charge on any atom is 0.410 e. The molecule has 7 nitrogen and oxygen atoms in total. The third-order valence-corrected chi connectivity index (χ3v) is 3.66. The van der Waals surface area contributed by atoms with Gasteiger partial charge >= 0.3 is 6.09 Å². The third kappa shape index (κ3) is 4.43. The monoisotopic (exact) mass is 309 g/mol. The number of hydrogen-bond acceptors (Lipinski definition) is 5. The fourth-order valence-electron chi connectivity index (χ4n) is 2.48. The highest BCUT2D eigenvalue weighted by Crippen LogP contribution is 2.16. The highest BCUT2D eigenvalue weighted by atomic mass is 16.6. The Labute approximate surface area is 132 Å². The molecule has 2 heterocycles. The zero-order valence-electron chi connectivity index (χ0n) is 14.2. The average Bonchev–Trinajstić information content (AvgIpc) is 2.87. The largest absolute Gasteiger partial charge is 0.444 e. The molecule has 7 heteroatoms. The highest BCUT2D eigenvalue weighted by Gasteiger charge is 2.30. The van der Waals surface area contributed by atoms with E-state index >= 15 is 0 Å². The number of carbonyl (C=O) groups is 1. The summed E-state index contributed by atoms with van der Waals surface area (Å²) < 4.78 is 5.44. The Bertz CT molecular complexity index is 508. The zero-order chi connectivity index (χ0) is 16.3. The van der Waals surface area contributed by atoms with Crippen LogP contribution in [0.4, 0.5) is 4.79 Å². The molecule has 0 saturated carbocycles. The summed E-state index contributed by atoms with van der Waals surface area (Å²) >= 11 is 0. The van der Waals surface area contributed by atoms with E-state index in [1.165, 1.54) is 0 Å². The topological polar surface area (TPSA) is 74.4 Å². The number of aryl methyl sites for hydroxylation is 1. The first-order valence-electron chi connectivity index (χ1n) is 7.90. The summed E-state index contributed by atoms with van der Waals surface area (Å²) in [6.45, 7) is 12.7. The van der Waals surface area contributed by atoms with Gasteiger partial charge in [-0.25, -0.2) is 9.78 Å². The van der Waals surface area contributed by atoms with Crippen LogP contribution in [0.25, 0.3) is 0 Å². The van der Waals surface area contributed by atoms with Crippen LogP contribution in [-0.4, -0.2) is 62.4 Å². The normalized spacial score (nSPS) is 20.2. The molecule has 124 valence electrons. The van der Waals surface area contributed by atoms with Gasteiger partial charge in [-0.15, -0.1) is 0 Å². The van der Waals surface area contributed by atoms with E-state index in [0.29, 0.717) is 13.1 Å². The maximum atomic E-state index is 12.1. The van der Waals surface area contributed by atoms with Gasteiger partial charge in [0, 0.05) is 32.1 Å². The van der Waals surface area contributed by atoms with Crippen LogP contribution in [0.15, 0.2) is 0 Å². The van der Waals surface area contributed by atoms with E-state index in [4.69, 9.17) is 4.74 Å². The number of nitrogens with zero attached hydrogens (tertiary/aromatic N) is 4. The summed E-state index contributed by atoms with van der Waals surface area (Å²) in [7, 11) is 0. The Balaban J connectivity index is 1.88. The Morgan fingerprint density at radius 1 is 1.41 bits per heavy atom. The molecule has 0 bridgehead atoms. The molecule has 1 aliphatic heterocycles. The number of aromatic amines is 1. The van der Waals surface area contributed by atoms with E-state index in [1.54, 1.807) is 4.90 Å². The first kappa shape index (κ1) is 16.7. The van der Waals surface area contributed by atoms with Crippen molar-refractivity contribution in [3.8, 4) is 0 Å². The van der Waals surface area contributed by atoms with Crippen LogP contribution in [-0.2, 0) is 17.7 Å². The molecule has 1 aromatic heterocycles. The van der Waals surface area contributed by atoms with Gasteiger partial charge in [0.15, 0.2) is 0 Å². The number of hydrogen-bond donors (Lipinski definition) is 1. The summed E-state index contributed by atoms with van der Waals surface area (Å²) in [4.78, 5) is 20.7. The Morgan fingerprint density at radius 2 is 2.14 bits per heavy atom. The molecular weight excluding hydrogens is 282 g/mol. The van der Waals surface area contributed by atoms with Crippen molar-refractivity contribution in [2.45, 2.75) is 59.2 Å². The van der Waals surface area contributed by atoms with Gasteiger partial charge in [-0.05, 0) is 27.7 Å². The summed E-state index contributed by atoms with van der Waals surface area (Å²) in [5, 5.41) is 7.14. The molecule has 0 aliphatic carbocycles. The molecular formula is C15H27N5O2. The number of piperazine rings is 1. The van der Waals surface area contributed by atoms with E-state index < -0.39 is 5.60 Å². The van der Waals surface area contributed by atoms with Gasteiger partial charge in [-0.3, -0.25) is 10.00 Å². The number of ether oxygens (including phenoxy) is 1. The summed E-state index contributed by atoms with van der Waals surface area (Å²) in [6.07, 6.45) is 0.602. The van der Waals surface area contributed by atoms with Crippen molar-refractivity contribution < 1.29 is 9.53 Å². The highest BCUT2D eigenvalue weighted by molar-refractivity contribution is 5.68. The minimum atomic E-state index is -0.451. The van der Waals surface area contributed by atoms with Crippen molar-refractivity contribution >= 4 is 6.09 Å². The van der Waals surface area contributed by atoms with Crippen molar-refractivity contribution in [3.05, 3.63) is 11.6 Å². The van der Waals surface area contributed by atoms with Gasteiger partial charge in [0.25, 0.3) is 0 Å². The molecule has 1 atom stereocenters. The summed E-state index contributed by atoms with van der Waals surface area (Å²) in [6, 6.07) is 0.261. The maximum absolute atomic E-state index is 12.1. The van der Waals surface area contributed by atoms with E-state index in [2.05, 4.69) is 27.0 Å². The SMILES string of the molecule is CCc1n[nH]c(CN2CCN(C(=O)OC(C)(C)C)C[C@@H]2C)n1. The van der Waals surface area contributed by atoms with Crippen molar-refractivity contribution in [1.29, 1.82) is 0 Å². The predicted molar refractivity (Wildman–Crippen MR) is 83.4 cm³/mol. The molecule has 0 spiro atoms. The number of H-pyrrole nitrogens is 1. The van der Waals surface area contributed by atoms with Gasteiger partial charge < -0.3 is 9.64 Å². The van der Waals surface area contributed by atoms with Crippen molar-refractivity contribution in [2.24, 2.45) is 0 Å². The van der Waals surface area contributed by atoms with E-state index in [0.717, 1.165) is 31.2 Å². The molecule has 0 unspecified atom stereocenters. The van der Waals surface area contributed by atoms with Gasteiger partial charge in [0.05, 0.1) is 6.54 Å². The average molecular weight is 309 g/mol. The zero-order valence-corrected chi connectivity index (χ0v) is 14.2. The molecule has 0 radical (unpaired) electrons. The molecule has 1 saturated heterocycles. The minimum Gasteiger partial charge on any atom is -0.444 e. The van der Waals surface area contributed by atoms with Crippen molar-refractivity contribution in [2.75, 3.05) is 19.6 Å². The molecule has 1 N–H and O–H groups in total. The molecule has 1 aromatic rings. The van der Waals surface area contributed by atoms with Crippen LogP contribution < -0.4 is 0 Å². The number of amides is 1. The van der Waals surface area contributed by atoms with Crippen LogP contribution in [0, 0.1) is 0 Å². The van der Waals surface area contributed by atoms with Gasteiger partial charge in [0.1, 0.15) is 17.2 Å². The molecule has 22 heavy (non-hydrogen) atoms. The number of aromatic nitrogens is 3. The van der Waals surface area contributed by atoms with Crippen molar-refractivity contribution in [1.82, 2.24) is 25.0 Å². The lowest BCUT2D eigenvalue weighted by Crippen LogP contribution is -2.54. The summed E-state index contributed by atoms with van der Waals surface area (Å²) in [5.74, 6) is 1.73. The standard InChI is InChI=1S/C15H27N5O2/c1-6-12-16-13(18-17-12)10-19-7-8-20(9-11(19)2)14(21)22-15(3,4)5/h11H,6-10H2,1-5H3,(H,16,17,18)/t11-/m0/s1. The fraction of sp³-hybridized carbons (Fsp3) is 0.800. The van der Waals surface area contributed by atoms with Crippen LogP contribution >= 0.6 is 0 Å². The Hall–Kier alpha value is -1.63. The third-order valence-electron chi connectivity index (χ3n) is 3.66. The molecule has 2 rings (SSSR count). The molecule has 0 aromatic carbocycles. The lowest BCUT2D eigenvalue weighted by Gasteiger charge is -2.39. The first-order valence-corrected chi connectivity index (χ1v) is 7.90. The quantitative estimate of drug-likeness (QED) is 0.921. The second kappa shape index (κ2) is 6.64. The van der Waals surface area contributed by atoms with E-state index in [-0.39, 0.29) is 12.1 Å². The van der Waals surface area contributed by atoms with Gasteiger partial charge in [-0.1, -0.05) is 6.92 Å². The van der Waals surface area contributed by atoms with Crippen LogP contribution in [0.1, 0.15) is 46.3 Å². The van der Waals surface area contributed by atoms with Crippen LogP contribution in [0.2, 0.25) is 0 Å². The lowest BCUT2D eigenvalue weighted by atomic mass is 10.2. The van der Waals surface area contributed by atoms with E-state index in [9.17, 15) is 4.79 Å². The number of carbonyl (C=O) groups excluding carboxylic acids is 1. The van der Waals surface area contributed by atoms with Gasteiger partial charge in [0.2, 0.25) is 0 Å². The predicted octanol–water partition coefficient (Wildman–Crippen LogP) is 1.81. The van der Waals surface area contributed by atoms with Crippen LogP contribution in [0.3, 0.4) is 0 Å². The minimum absolute atomic E-state index is 0.230. The first-order chi connectivity index (χ1) is 10.3. The second-order valence-corrected chi connectivity index (χ2v) is 6.80. The lowest BCUT2D eigenvalue weighted by molar-refractivity contribution is 0.00428. The molecule has 1 aliphatic rings. The fourth-order valence-corrected chi connectivity index (χ4v) is 2.48. The Kier molecular flexibility index (Phi) is 5.05. The Morgan fingerprint density at radius 3 is 2.68 bits per heavy atom. The molecule has 1 fully saturated rings. The summed E-state index contributed by atoms with van der Waals surface area (Å²) in [5.41, 5.74) is -0.451.